The lowest BCUT2D eigenvalue weighted by atomic mass is 9.99. The molecule has 0 radical (unpaired) electrons. The number of anilines is 1. The molecule has 0 aliphatic heterocycles. The Bertz CT molecular complexity index is 451. The van der Waals surface area contributed by atoms with E-state index in [1.165, 1.54) is 5.56 Å². The van der Waals surface area contributed by atoms with Gasteiger partial charge in [-0.15, -0.1) is 0 Å². The first-order valence-corrected chi connectivity index (χ1v) is 8.24. The van der Waals surface area contributed by atoms with E-state index in [2.05, 4.69) is 18.6 Å². The molecule has 1 rings (SSSR count). The molecule has 1 aromatic carbocycles. The third-order valence-electron chi connectivity index (χ3n) is 3.13. The number of rotatable bonds is 7. The number of hydrogen-bond donors (Lipinski definition) is 1. The quantitative estimate of drug-likeness (QED) is 0.819. The van der Waals surface area contributed by atoms with Crippen molar-refractivity contribution in [3.05, 3.63) is 29.8 Å². The van der Waals surface area contributed by atoms with Gasteiger partial charge in [-0.1, -0.05) is 39.3 Å². The lowest BCUT2D eigenvalue weighted by Crippen LogP contribution is -2.16. The number of nitrogens with one attached hydrogen (secondary N) is 1. The number of benzene rings is 1. The molecule has 1 atom stereocenters. The summed E-state index contributed by atoms with van der Waals surface area (Å²) in [6.07, 6.45) is 2.66. The highest BCUT2D eigenvalue weighted by Crippen LogP contribution is 2.21. The second-order valence-electron chi connectivity index (χ2n) is 4.71. The summed E-state index contributed by atoms with van der Waals surface area (Å²) in [6, 6.07) is 7.66. The van der Waals surface area contributed by atoms with Gasteiger partial charge in [0.25, 0.3) is 0 Å². The van der Waals surface area contributed by atoms with Crippen LogP contribution >= 0.6 is 0 Å². The van der Waals surface area contributed by atoms with E-state index < -0.39 is 10.0 Å². The third kappa shape index (κ3) is 4.69. The second-order valence-corrected chi connectivity index (χ2v) is 6.55. The lowest BCUT2D eigenvalue weighted by molar-refractivity contribution is 0.598. The van der Waals surface area contributed by atoms with Crippen molar-refractivity contribution in [2.45, 2.75) is 46.0 Å². The monoisotopic (exact) mass is 269 g/mol. The van der Waals surface area contributed by atoms with E-state index >= 15 is 0 Å². The average Bonchev–Trinajstić information content (AvgIpc) is 2.36. The standard InChI is InChI=1S/C14H23NO2S/c1-4-6-11-18(16,17)15-14-9-7-13(8-10-14)12(3)5-2/h7-10,12,15H,4-6,11H2,1-3H3/t12-/m0/s1. The first-order chi connectivity index (χ1) is 8.48. The van der Waals surface area contributed by atoms with E-state index in [0.717, 1.165) is 12.8 Å². The van der Waals surface area contributed by atoms with Crippen LogP contribution in [0.3, 0.4) is 0 Å². The zero-order valence-corrected chi connectivity index (χ0v) is 12.3. The Hall–Kier alpha value is -1.03. The van der Waals surface area contributed by atoms with Crippen molar-refractivity contribution >= 4 is 15.7 Å². The Kier molecular flexibility index (Phi) is 5.66. The molecule has 0 aliphatic rings. The molecule has 3 nitrogen and oxygen atoms in total. The molecule has 1 N–H and O–H groups in total. The maximum Gasteiger partial charge on any atom is 0.232 e. The van der Waals surface area contributed by atoms with Gasteiger partial charge in [-0.05, 0) is 36.5 Å². The highest BCUT2D eigenvalue weighted by Gasteiger charge is 2.09. The van der Waals surface area contributed by atoms with E-state index in [9.17, 15) is 8.42 Å². The molecule has 0 aliphatic carbocycles. The minimum atomic E-state index is -3.19. The zero-order chi connectivity index (χ0) is 13.6. The van der Waals surface area contributed by atoms with Crippen molar-refractivity contribution in [3.63, 3.8) is 0 Å². The first kappa shape index (κ1) is 15.0. The fraction of sp³-hybridized carbons (Fsp3) is 0.571. The Morgan fingerprint density at radius 3 is 2.28 bits per heavy atom. The molecule has 0 spiro atoms. The normalized spacial score (nSPS) is 13.3. The zero-order valence-electron chi connectivity index (χ0n) is 11.4. The number of hydrogen-bond acceptors (Lipinski definition) is 2. The molecule has 0 fully saturated rings. The van der Waals surface area contributed by atoms with Crippen LogP contribution in [0.25, 0.3) is 0 Å². The van der Waals surface area contributed by atoms with Crippen LogP contribution in [-0.2, 0) is 10.0 Å². The topological polar surface area (TPSA) is 46.2 Å². The molecule has 0 unspecified atom stereocenters. The largest absolute Gasteiger partial charge is 0.284 e. The summed E-state index contributed by atoms with van der Waals surface area (Å²) in [5.74, 6) is 0.701. The van der Waals surface area contributed by atoms with Gasteiger partial charge in [0, 0.05) is 5.69 Å². The summed E-state index contributed by atoms with van der Waals surface area (Å²) >= 11 is 0. The van der Waals surface area contributed by atoms with Gasteiger partial charge < -0.3 is 0 Å². The van der Waals surface area contributed by atoms with E-state index in [1.807, 2.05) is 31.2 Å². The number of unbranched alkanes of at least 4 members (excludes halogenated alkanes) is 1. The van der Waals surface area contributed by atoms with Gasteiger partial charge in [-0.3, -0.25) is 4.72 Å². The minimum absolute atomic E-state index is 0.191. The van der Waals surface area contributed by atoms with Crippen LogP contribution < -0.4 is 4.72 Å². The second kappa shape index (κ2) is 6.78. The molecular weight excluding hydrogens is 246 g/mol. The maximum atomic E-state index is 11.7. The summed E-state index contributed by atoms with van der Waals surface area (Å²) in [7, 11) is -3.19. The van der Waals surface area contributed by atoms with Crippen molar-refractivity contribution in [1.29, 1.82) is 0 Å². The smallest absolute Gasteiger partial charge is 0.232 e. The highest BCUT2D eigenvalue weighted by atomic mass is 32.2. The summed E-state index contributed by atoms with van der Waals surface area (Å²) in [5, 5.41) is 0. The molecule has 0 heterocycles. The fourth-order valence-corrected chi connectivity index (χ4v) is 2.95. The van der Waals surface area contributed by atoms with Gasteiger partial charge in [0.15, 0.2) is 0 Å². The van der Waals surface area contributed by atoms with Crippen molar-refractivity contribution in [2.75, 3.05) is 10.5 Å². The van der Waals surface area contributed by atoms with Crippen LogP contribution in [0.1, 0.15) is 51.5 Å². The molecule has 18 heavy (non-hydrogen) atoms. The summed E-state index contributed by atoms with van der Waals surface area (Å²) < 4.78 is 26.1. The molecule has 0 amide bonds. The molecule has 1 aromatic rings. The SMILES string of the molecule is CCCCS(=O)(=O)Nc1ccc([C@@H](C)CC)cc1. The van der Waals surface area contributed by atoms with Crippen LogP contribution in [0.2, 0.25) is 0 Å². The van der Waals surface area contributed by atoms with Gasteiger partial charge in [0.2, 0.25) is 10.0 Å². The summed E-state index contributed by atoms with van der Waals surface area (Å²) in [6.45, 7) is 6.29. The Labute approximate surface area is 111 Å². The average molecular weight is 269 g/mol. The molecule has 0 saturated carbocycles. The van der Waals surface area contributed by atoms with Crippen molar-refractivity contribution in [3.8, 4) is 0 Å². The van der Waals surface area contributed by atoms with E-state index in [4.69, 9.17) is 0 Å². The van der Waals surface area contributed by atoms with Crippen LogP contribution in [0, 0.1) is 0 Å². The molecule has 4 heteroatoms. The summed E-state index contributed by atoms with van der Waals surface area (Å²) in [4.78, 5) is 0. The highest BCUT2D eigenvalue weighted by molar-refractivity contribution is 7.92. The van der Waals surface area contributed by atoms with Crippen molar-refractivity contribution < 1.29 is 8.42 Å². The van der Waals surface area contributed by atoms with E-state index in [1.54, 1.807) is 0 Å². The van der Waals surface area contributed by atoms with Crippen LogP contribution in [-0.4, -0.2) is 14.2 Å². The lowest BCUT2D eigenvalue weighted by Gasteiger charge is -2.11. The predicted octanol–water partition coefficient (Wildman–Crippen LogP) is 3.74. The summed E-state index contributed by atoms with van der Waals surface area (Å²) in [5.41, 5.74) is 1.90. The Morgan fingerprint density at radius 1 is 1.17 bits per heavy atom. The van der Waals surface area contributed by atoms with Gasteiger partial charge in [-0.25, -0.2) is 8.42 Å². The van der Waals surface area contributed by atoms with E-state index in [-0.39, 0.29) is 5.75 Å². The van der Waals surface area contributed by atoms with Crippen molar-refractivity contribution in [2.24, 2.45) is 0 Å². The molecular formula is C14H23NO2S. The van der Waals surface area contributed by atoms with Gasteiger partial charge in [0.05, 0.1) is 5.75 Å². The fourth-order valence-electron chi connectivity index (χ4n) is 1.68. The molecule has 0 aromatic heterocycles. The first-order valence-electron chi connectivity index (χ1n) is 6.59. The Morgan fingerprint density at radius 2 is 1.78 bits per heavy atom. The maximum absolute atomic E-state index is 11.7. The number of sulfonamides is 1. The van der Waals surface area contributed by atoms with E-state index in [0.29, 0.717) is 18.0 Å². The van der Waals surface area contributed by atoms with Crippen LogP contribution in [0.15, 0.2) is 24.3 Å². The van der Waals surface area contributed by atoms with Gasteiger partial charge >= 0.3 is 0 Å². The minimum Gasteiger partial charge on any atom is -0.284 e. The van der Waals surface area contributed by atoms with Crippen LogP contribution in [0.4, 0.5) is 5.69 Å². The van der Waals surface area contributed by atoms with Gasteiger partial charge in [-0.2, -0.15) is 0 Å². The van der Waals surface area contributed by atoms with Crippen LogP contribution in [0.5, 0.6) is 0 Å². The Balaban J connectivity index is 2.69. The van der Waals surface area contributed by atoms with Crippen molar-refractivity contribution in [1.82, 2.24) is 0 Å². The van der Waals surface area contributed by atoms with Gasteiger partial charge in [0.1, 0.15) is 0 Å². The molecule has 0 saturated heterocycles. The predicted molar refractivity (Wildman–Crippen MR) is 77.5 cm³/mol. The molecule has 0 bridgehead atoms. The molecule has 102 valence electrons. The third-order valence-corrected chi connectivity index (χ3v) is 4.50.